The molecule has 14 heavy (non-hydrogen) atoms. The van der Waals surface area contributed by atoms with Gasteiger partial charge < -0.3 is 10.2 Å². The molecule has 1 heterocycles. The van der Waals surface area contributed by atoms with Crippen molar-refractivity contribution in [2.75, 3.05) is 30.9 Å². The minimum absolute atomic E-state index is 0.193. The standard InChI is InChI=1S/C11H15BrN2/c1-9-8-10(2-3-11(9)12)14-6-4-13-5-7-14/h2-3,8,13H,4-7H2,1H3/i1D3,4D2,5D2,6D2,7D2. The lowest BCUT2D eigenvalue weighted by Gasteiger charge is -2.29. The predicted molar refractivity (Wildman–Crippen MR) is 64.0 cm³/mol. The van der Waals surface area contributed by atoms with Crippen molar-refractivity contribution in [3.05, 3.63) is 28.2 Å². The van der Waals surface area contributed by atoms with Gasteiger partial charge in [0.2, 0.25) is 0 Å². The smallest absolute Gasteiger partial charge is 0.0506 e. The molecule has 0 spiro atoms. The summed E-state index contributed by atoms with van der Waals surface area (Å²) >= 11 is 3.07. The van der Waals surface area contributed by atoms with Crippen LogP contribution in [0, 0.1) is 6.85 Å². The van der Waals surface area contributed by atoms with E-state index in [2.05, 4.69) is 15.9 Å². The lowest BCUT2D eigenvalue weighted by atomic mass is 10.2. The van der Waals surface area contributed by atoms with Gasteiger partial charge in [0.25, 0.3) is 0 Å². The third-order valence-corrected chi connectivity index (χ3v) is 2.36. The Morgan fingerprint density at radius 3 is 3.00 bits per heavy atom. The van der Waals surface area contributed by atoms with Gasteiger partial charge in [-0.2, -0.15) is 0 Å². The van der Waals surface area contributed by atoms with Crippen LogP contribution in [0.5, 0.6) is 0 Å². The Morgan fingerprint density at radius 1 is 1.50 bits per heavy atom. The Morgan fingerprint density at radius 2 is 2.29 bits per heavy atom. The van der Waals surface area contributed by atoms with Crippen LogP contribution in [-0.2, 0) is 0 Å². The summed E-state index contributed by atoms with van der Waals surface area (Å²) in [6, 6.07) is 3.48. The summed E-state index contributed by atoms with van der Waals surface area (Å²) in [5.41, 5.74) is -0.519. The molecule has 0 amide bonds. The summed E-state index contributed by atoms with van der Waals surface area (Å²) in [7, 11) is 0. The molecule has 1 aromatic carbocycles. The quantitative estimate of drug-likeness (QED) is 0.838. The van der Waals surface area contributed by atoms with E-state index >= 15 is 0 Å². The molecule has 1 fully saturated rings. The molecule has 1 aliphatic rings. The highest BCUT2D eigenvalue weighted by molar-refractivity contribution is 9.10. The molecule has 2 nitrogen and oxygen atoms in total. The molecule has 1 aliphatic heterocycles. The van der Waals surface area contributed by atoms with E-state index in [0.717, 1.165) is 6.07 Å². The molecule has 76 valence electrons. The number of rotatable bonds is 1. The van der Waals surface area contributed by atoms with E-state index in [0.29, 0.717) is 4.90 Å². The number of aryl methyl sites for hydroxylation is 1. The average Bonchev–Trinajstić information content (AvgIpc) is 2.36. The molecule has 0 bridgehead atoms. The zero-order valence-electron chi connectivity index (χ0n) is 18.1. The lowest BCUT2D eigenvalue weighted by molar-refractivity contribution is 0.589. The number of halogens is 1. The van der Waals surface area contributed by atoms with Crippen molar-refractivity contribution in [1.82, 2.24) is 5.32 Å². The molecule has 1 saturated heterocycles. The fourth-order valence-corrected chi connectivity index (χ4v) is 1.25. The number of nitrogens with one attached hydrogen (secondary N) is 1. The van der Waals surface area contributed by atoms with Gasteiger partial charge in [0.15, 0.2) is 0 Å². The first-order valence-electron chi connectivity index (χ1n) is 9.35. The van der Waals surface area contributed by atoms with E-state index in [1.807, 2.05) is 0 Å². The molecule has 0 radical (unpaired) electrons. The number of anilines is 1. The molecule has 1 aromatic rings. The largest absolute Gasteiger partial charge is 0.369 e. The second-order valence-corrected chi connectivity index (χ2v) is 3.45. The van der Waals surface area contributed by atoms with Crippen molar-refractivity contribution in [1.29, 1.82) is 0 Å². The van der Waals surface area contributed by atoms with Gasteiger partial charge in [-0.25, -0.2) is 0 Å². The fourth-order valence-electron chi connectivity index (χ4n) is 1.01. The van der Waals surface area contributed by atoms with Crippen LogP contribution in [-0.4, -0.2) is 26.0 Å². The molecule has 0 atom stereocenters. The van der Waals surface area contributed by atoms with E-state index in [-0.39, 0.29) is 15.7 Å². The first kappa shape index (κ1) is 3.22. The minimum Gasteiger partial charge on any atom is -0.369 e. The van der Waals surface area contributed by atoms with Crippen molar-refractivity contribution in [2.45, 2.75) is 6.85 Å². The van der Waals surface area contributed by atoms with Crippen LogP contribution in [0.3, 0.4) is 0 Å². The van der Waals surface area contributed by atoms with Crippen LogP contribution in [0.4, 0.5) is 5.69 Å². The van der Waals surface area contributed by atoms with Gasteiger partial charge in [-0.15, -0.1) is 0 Å². The molecule has 0 aromatic heterocycles. The van der Waals surface area contributed by atoms with Crippen molar-refractivity contribution in [2.24, 2.45) is 0 Å². The molecule has 1 N–H and O–H groups in total. The molecule has 0 saturated carbocycles. The van der Waals surface area contributed by atoms with Crippen molar-refractivity contribution >= 4 is 21.6 Å². The predicted octanol–water partition coefficient (Wildman–Crippen LogP) is 2.17. The number of benzene rings is 1. The summed E-state index contributed by atoms with van der Waals surface area (Å²) in [5, 5.41) is 1.72. The second kappa shape index (κ2) is 4.32. The summed E-state index contributed by atoms with van der Waals surface area (Å²) in [4.78, 5) is 0.304. The van der Waals surface area contributed by atoms with Crippen molar-refractivity contribution < 1.29 is 15.1 Å². The summed E-state index contributed by atoms with van der Waals surface area (Å²) in [6.45, 7) is -14.5. The maximum absolute atomic E-state index is 8.03. The van der Waals surface area contributed by atoms with Crippen LogP contribution in [0.1, 0.15) is 20.6 Å². The average molecular weight is 266 g/mol. The van der Waals surface area contributed by atoms with Crippen LogP contribution in [0.15, 0.2) is 22.7 Å². The first-order valence-corrected chi connectivity index (χ1v) is 4.64. The molecular weight excluding hydrogens is 240 g/mol. The molecule has 3 heteroatoms. The zero-order chi connectivity index (χ0) is 19.6. The first-order chi connectivity index (χ1) is 11.0. The number of hydrogen-bond donors (Lipinski definition) is 1. The Hall–Kier alpha value is -0.540. The van der Waals surface area contributed by atoms with Gasteiger partial charge in [-0.1, -0.05) is 15.9 Å². The van der Waals surface area contributed by atoms with E-state index in [4.69, 9.17) is 15.1 Å². The highest BCUT2D eigenvalue weighted by Crippen LogP contribution is 2.22. The SMILES string of the molecule is [2H]C([2H])([2H])c1cc(N2C([2H])([2H])C([2H])([2H])NC([2H])([2H])C2([2H])[2H])ccc1Br. The Labute approximate surface area is 109 Å². The van der Waals surface area contributed by atoms with Crippen molar-refractivity contribution in [3.63, 3.8) is 0 Å². The zero-order valence-corrected chi connectivity index (χ0v) is 8.64. The minimum atomic E-state index is -3.01. The second-order valence-electron chi connectivity index (χ2n) is 2.60. The van der Waals surface area contributed by atoms with E-state index in [1.54, 1.807) is 5.32 Å². The van der Waals surface area contributed by atoms with Crippen LogP contribution >= 0.6 is 15.9 Å². The summed E-state index contributed by atoms with van der Waals surface area (Å²) < 4.78 is 86.0. The highest BCUT2D eigenvalue weighted by atomic mass is 79.9. The van der Waals surface area contributed by atoms with Crippen LogP contribution in [0.2, 0.25) is 0 Å². The van der Waals surface area contributed by atoms with Crippen molar-refractivity contribution in [3.8, 4) is 0 Å². The van der Waals surface area contributed by atoms with Gasteiger partial charge in [-0.05, 0) is 30.6 Å². The van der Waals surface area contributed by atoms with Crippen LogP contribution in [0.25, 0.3) is 0 Å². The number of piperazine rings is 1. The molecular formula is C11H15BrN2. The Bertz CT molecular complexity index is 659. The summed E-state index contributed by atoms with van der Waals surface area (Å²) in [5.74, 6) is 0. The van der Waals surface area contributed by atoms with E-state index in [9.17, 15) is 0 Å². The maximum atomic E-state index is 8.03. The van der Waals surface area contributed by atoms with Crippen LogP contribution < -0.4 is 10.2 Å². The molecule has 0 unspecified atom stereocenters. The number of nitrogens with zero attached hydrogens (tertiary/aromatic N) is 1. The Kier molecular flexibility index (Phi) is 0.995. The van der Waals surface area contributed by atoms with Gasteiger partial charge in [0.1, 0.15) is 0 Å². The van der Waals surface area contributed by atoms with Gasteiger partial charge in [0.05, 0.1) is 5.48 Å². The lowest BCUT2D eigenvalue weighted by Crippen LogP contribution is -2.43. The third kappa shape index (κ3) is 2.10. The third-order valence-electron chi connectivity index (χ3n) is 1.67. The number of hydrogen-bond acceptors (Lipinski definition) is 2. The monoisotopic (exact) mass is 265 g/mol. The van der Waals surface area contributed by atoms with Gasteiger partial charge in [0, 0.05) is 45.7 Å². The highest BCUT2D eigenvalue weighted by Gasteiger charge is 2.10. The molecule has 0 aliphatic carbocycles. The fraction of sp³-hybridized carbons (Fsp3) is 0.455. The summed E-state index contributed by atoms with van der Waals surface area (Å²) in [6.07, 6.45) is 0. The molecule has 2 rings (SSSR count). The topological polar surface area (TPSA) is 15.3 Å². The van der Waals surface area contributed by atoms with Gasteiger partial charge in [-0.3, -0.25) is 0 Å². The van der Waals surface area contributed by atoms with Gasteiger partial charge >= 0.3 is 0 Å². The Balaban J connectivity index is 2.73. The van der Waals surface area contributed by atoms with E-state index < -0.39 is 32.8 Å². The van der Waals surface area contributed by atoms with E-state index in [1.165, 1.54) is 12.1 Å². The maximum Gasteiger partial charge on any atom is 0.0506 e. The normalized spacial score (nSPS) is 44.1.